The summed E-state index contributed by atoms with van der Waals surface area (Å²) in [5.74, 6) is 1.80. The zero-order chi connectivity index (χ0) is 19.5. The zero-order valence-electron chi connectivity index (χ0n) is 16.0. The maximum Gasteiger partial charge on any atom is 0.143 e. The van der Waals surface area contributed by atoms with Gasteiger partial charge in [0, 0.05) is 21.9 Å². The predicted octanol–water partition coefficient (Wildman–Crippen LogP) is 6.10. The molecule has 0 atom stereocenters. The van der Waals surface area contributed by atoms with Gasteiger partial charge in [0.15, 0.2) is 0 Å². The number of nitriles is 1. The number of aromatic amines is 1. The standard InChI is InChI=1S/C23H21N3OS/c1-3-28-17-7-4-6-16(13-17)18-8-9-20(27-11-5-10-24)22-21(18)19-12-15(2)14-25-23(19)26-22/h4,6-9,12-14H,3,5,11H2,1-2H3,(H,25,26). The number of thioether (sulfide) groups is 1. The first-order chi connectivity index (χ1) is 13.7. The summed E-state index contributed by atoms with van der Waals surface area (Å²) in [7, 11) is 0. The third kappa shape index (κ3) is 3.44. The largest absolute Gasteiger partial charge is 0.490 e. The highest BCUT2D eigenvalue weighted by atomic mass is 32.2. The van der Waals surface area contributed by atoms with Gasteiger partial charge in [-0.15, -0.1) is 11.8 Å². The van der Waals surface area contributed by atoms with Crippen LogP contribution in [-0.4, -0.2) is 22.3 Å². The van der Waals surface area contributed by atoms with Crippen LogP contribution in [-0.2, 0) is 0 Å². The van der Waals surface area contributed by atoms with Gasteiger partial charge in [-0.2, -0.15) is 5.26 Å². The maximum atomic E-state index is 8.82. The minimum atomic E-state index is 0.358. The molecule has 0 radical (unpaired) electrons. The van der Waals surface area contributed by atoms with E-state index in [0.29, 0.717) is 13.0 Å². The molecule has 1 N–H and O–H groups in total. The number of aromatic nitrogens is 2. The number of ether oxygens (including phenoxy) is 1. The fraction of sp³-hybridized carbons (Fsp3) is 0.217. The molecule has 0 bridgehead atoms. The van der Waals surface area contributed by atoms with Crippen molar-refractivity contribution >= 4 is 33.7 Å². The summed E-state index contributed by atoms with van der Waals surface area (Å²) in [5, 5.41) is 11.0. The molecule has 0 amide bonds. The van der Waals surface area contributed by atoms with Gasteiger partial charge in [0.2, 0.25) is 0 Å². The van der Waals surface area contributed by atoms with E-state index in [2.05, 4.69) is 66.3 Å². The molecule has 0 unspecified atom stereocenters. The summed E-state index contributed by atoms with van der Waals surface area (Å²) in [6.45, 7) is 4.59. The number of H-pyrrole nitrogens is 1. The molecular weight excluding hydrogens is 366 g/mol. The molecule has 0 spiro atoms. The molecule has 4 rings (SSSR count). The molecule has 0 fully saturated rings. The van der Waals surface area contributed by atoms with Gasteiger partial charge >= 0.3 is 0 Å². The number of hydrogen-bond donors (Lipinski definition) is 1. The lowest BCUT2D eigenvalue weighted by molar-refractivity contribution is 0.330. The Bertz CT molecular complexity index is 1190. The summed E-state index contributed by atoms with van der Waals surface area (Å²) in [6, 6.07) is 17.0. The normalized spacial score (nSPS) is 11.0. The van der Waals surface area contributed by atoms with Crippen LogP contribution < -0.4 is 4.74 Å². The van der Waals surface area contributed by atoms with Crippen molar-refractivity contribution in [2.75, 3.05) is 12.4 Å². The van der Waals surface area contributed by atoms with Gasteiger partial charge in [-0.1, -0.05) is 19.1 Å². The Kier molecular flexibility index (Phi) is 5.23. The second kappa shape index (κ2) is 7.95. The van der Waals surface area contributed by atoms with Gasteiger partial charge < -0.3 is 9.72 Å². The third-order valence-electron chi connectivity index (χ3n) is 4.63. The number of aryl methyl sites for hydroxylation is 1. The van der Waals surface area contributed by atoms with Crippen LogP contribution in [0.3, 0.4) is 0 Å². The summed E-state index contributed by atoms with van der Waals surface area (Å²) in [6.07, 6.45) is 2.23. The number of hydrogen-bond acceptors (Lipinski definition) is 4. The molecule has 0 saturated carbocycles. The number of pyridine rings is 1. The van der Waals surface area contributed by atoms with Crippen molar-refractivity contribution < 1.29 is 4.74 Å². The average Bonchev–Trinajstić information content (AvgIpc) is 3.08. The van der Waals surface area contributed by atoms with E-state index < -0.39 is 0 Å². The van der Waals surface area contributed by atoms with Crippen molar-refractivity contribution in [1.29, 1.82) is 5.26 Å². The van der Waals surface area contributed by atoms with Crippen molar-refractivity contribution in [2.24, 2.45) is 0 Å². The quantitative estimate of drug-likeness (QED) is 0.321. The van der Waals surface area contributed by atoms with Crippen LogP contribution in [0.2, 0.25) is 0 Å². The fourth-order valence-electron chi connectivity index (χ4n) is 3.45. The Labute approximate surface area is 168 Å². The molecule has 2 aromatic heterocycles. The van der Waals surface area contributed by atoms with Crippen LogP contribution in [0.15, 0.2) is 53.6 Å². The molecule has 0 aliphatic heterocycles. The minimum Gasteiger partial charge on any atom is -0.490 e. The third-order valence-corrected chi connectivity index (χ3v) is 5.51. The van der Waals surface area contributed by atoms with Gasteiger partial charge in [-0.05, 0) is 59.7 Å². The second-order valence-corrected chi connectivity index (χ2v) is 7.95. The SMILES string of the molecule is CCSc1cccc(-c2ccc(OCCC#N)c3[nH]c4ncc(C)cc4c23)c1. The summed E-state index contributed by atoms with van der Waals surface area (Å²) in [4.78, 5) is 9.26. The Morgan fingerprint density at radius 3 is 2.93 bits per heavy atom. The van der Waals surface area contributed by atoms with E-state index in [0.717, 1.165) is 44.6 Å². The van der Waals surface area contributed by atoms with Crippen molar-refractivity contribution in [3.05, 3.63) is 54.2 Å². The first kappa shape index (κ1) is 18.4. The Balaban J connectivity index is 1.95. The average molecular weight is 388 g/mol. The molecule has 28 heavy (non-hydrogen) atoms. The van der Waals surface area contributed by atoms with E-state index in [1.54, 1.807) is 0 Å². The lowest BCUT2D eigenvalue weighted by Crippen LogP contribution is -1.96. The smallest absolute Gasteiger partial charge is 0.143 e. The van der Waals surface area contributed by atoms with Gasteiger partial charge in [0.1, 0.15) is 18.0 Å². The monoisotopic (exact) mass is 387 g/mol. The summed E-state index contributed by atoms with van der Waals surface area (Å²) >= 11 is 1.84. The molecular formula is C23H21N3OS. The molecule has 0 saturated heterocycles. The first-order valence-electron chi connectivity index (χ1n) is 9.35. The number of nitrogens with one attached hydrogen (secondary N) is 1. The number of rotatable bonds is 6. The lowest BCUT2D eigenvalue weighted by Gasteiger charge is -2.11. The topological polar surface area (TPSA) is 61.7 Å². The molecule has 2 heterocycles. The van der Waals surface area contributed by atoms with Crippen LogP contribution >= 0.6 is 11.8 Å². The molecule has 0 aliphatic rings. The maximum absolute atomic E-state index is 8.82. The molecule has 140 valence electrons. The van der Waals surface area contributed by atoms with Crippen LogP contribution in [0.25, 0.3) is 33.1 Å². The van der Waals surface area contributed by atoms with Crippen molar-refractivity contribution in [1.82, 2.24) is 9.97 Å². The number of benzene rings is 2. The zero-order valence-corrected chi connectivity index (χ0v) is 16.8. The van der Waals surface area contributed by atoms with Gasteiger partial charge in [-0.25, -0.2) is 4.98 Å². The van der Waals surface area contributed by atoms with Gasteiger partial charge in [0.25, 0.3) is 0 Å². The number of nitrogens with zero attached hydrogens (tertiary/aromatic N) is 2. The summed E-state index contributed by atoms with van der Waals surface area (Å²) in [5.41, 5.74) is 5.22. The minimum absolute atomic E-state index is 0.358. The highest BCUT2D eigenvalue weighted by molar-refractivity contribution is 7.99. The molecule has 5 heteroatoms. The fourth-order valence-corrected chi connectivity index (χ4v) is 4.17. The van der Waals surface area contributed by atoms with Gasteiger partial charge in [0.05, 0.1) is 18.0 Å². The lowest BCUT2D eigenvalue weighted by atomic mass is 9.99. The summed E-state index contributed by atoms with van der Waals surface area (Å²) < 4.78 is 5.89. The Morgan fingerprint density at radius 2 is 2.11 bits per heavy atom. The van der Waals surface area contributed by atoms with E-state index in [9.17, 15) is 0 Å². The highest BCUT2D eigenvalue weighted by Gasteiger charge is 2.16. The molecule has 0 aliphatic carbocycles. The second-order valence-electron chi connectivity index (χ2n) is 6.61. The van der Waals surface area contributed by atoms with Crippen LogP contribution in [0.4, 0.5) is 0 Å². The Morgan fingerprint density at radius 1 is 1.21 bits per heavy atom. The number of fused-ring (bicyclic) bond motifs is 3. The van der Waals surface area contributed by atoms with Crippen molar-refractivity contribution in [3.8, 4) is 22.9 Å². The van der Waals surface area contributed by atoms with E-state index in [4.69, 9.17) is 10.00 Å². The van der Waals surface area contributed by atoms with E-state index in [1.165, 1.54) is 10.5 Å². The van der Waals surface area contributed by atoms with Crippen LogP contribution in [0.5, 0.6) is 5.75 Å². The van der Waals surface area contributed by atoms with E-state index in [1.807, 2.05) is 24.0 Å². The predicted molar refractivity (Wildman–Crippen MR) is 116 cm³/mol. The van der Waals surface area contributed by atoms with E-state index in [-0.39, 0.29) is 0 Å². The molecule has 2 aromatic carbocycles. The Hall–Kier alpha value is -2.97. The van der Waals surface area contributed by atoms with Gasteiger partial charge in [-0.3, -0.25) is 0 Å². The highest BCUT2D eigenvalue weighted by Crippen LogP contribution is 2.39. The van der Waals surface area contributed by atoms with E-state index >= 15 is 0 Å². The molecule has 4 nitrogen and oxygen atoms in total. The van der Waals surface area contributed by atoms with Crippen LogP contribution in [0, 0.1) is 18.3 Å². The first-order valence-corrected chi connectivity index (χ1v) is 10.3. The van der Waals surface area contributed by atoms with Crippen molar-refractivity contribution in [3.63, 3.8) is 0 Å². The van der Waals surface area contributed by atoms with Crippen LogP contribution in [0.1, 0.15) is 18.9 Å². The van der Waals surface area contributed by atoms with Crippen molar-refractivity contribution in [2.45, 2.75) is 25.2 Å². The molecule has 4 aromatic rings.